The van der Waals surface area contributed by atoms with Gasteiger partial charge in [-0.1, -0.05) is 36.4 Å². The molecule has 10 heteroatoms. The van der Waals surface area contributed by atoms with E-state index in [0.29, 0.717) is 6.42 Å². The lowest BCUT2D eigenvalue weighted by Crippen LogP contribution is -2.61. The summed E-state index contributed by atoms with van der Waals surface area (Å²) in [6, 6.07) is 13.9. The van der Waals surface area contributed by atoms with E-state index in [1.54, 1.807) is 6.07 Å². The van der Waals surface area contributed by atoms with Crippen LogP contribution in [0, 0.1) is 5.41 Å². The largest absolute Gasteiger partial charge is 0.505 e. The Morgan fingerprint density at radius 3 is 2.55 bits per heavy atom. The number of nitrogens with one attached hydrogen (secondary N) is 2. The van der Waals surface area contributed by atoms with Crippen molar-refractivity contribution in [3.63, 3.8) is 0 Å². The van der Waals surface area contributed by atoms with Gasteiger partial charge in [0.1, 0.15) is 11.4 Å². The maximum absolute atomic E-state index is 13.4. The second kappa shape index (κ2) is 10.0. The molecule has 1 aliphatic heterocycles. The summed E-state index contributed by atoms with van der Waals surface area (Å²) in [6.45, 7) is 3.65. The van der Waals surface area contributed by atoms with Crippen LogP contribution >= 0.6 is 0 Å². The Morgan fingerprint density at radius 1 is 1.21 bits per heavy atom. The monoisotopic (exact) mass is 452 g/mol. The van der Waals surface area contributed by atoms with E-state index >= 15 is 0 Å². The quantitative estimate of drug-likeness (QED) is 0.184. The number of para-hydroxylation sites is 1. The van der Waals surface area contributed by atoms with Crippen LogP contribution in [0.1, 0.15) is 31.4 Å². The number of hydroxylamine groups is 2. The molecule has 2 aromatic carbocycles. The summed E-state index contributed by atoms with van der Waals surface area (Å²) in [7, 11) is 0. The van der Waals surface area contributed by atoms with Crippen molar-refractivity contribution in [1.29, 1.82) is 5.41 Å². The van der Waals surface area contributed by atoms with Crippen molar-refractivity contribution in [2.24, 2.45) is 5.73 Å². The third-order valence-electron chi connectivity index (χ3n) is 4.96. The second-order valence-electron chi connectivity index (χ2n) is 7.86. The lowest BCUT2D eigenvalue weighted by molar-refractivity contribution is -0.189. The van der Waals surface area contributed by atoms with Crippen molar-refractivity contribution in [3.8, 4) is 5.75 Å². The van der Waals surface area contributed by atoms with E-state index in [-0.39, 0.29) is 35.2 Å². The highest BCUT2D eigenvalue weighted by Gasteiger charge is 2.40. The third kappa shape index (κ3) is 5.42. The van der Waals surface area contributed by atoms with E-state index in [9.17, 15) is 14.7 Å². The maximum atomic E-state index is 13.4. The average molecular weight is 453 g/mol. The first-order valence-corrected chi connectivity index (χ1v) is 10.5. The van der Waals surface area contributed by atoms with Gasteiger partial charge in [-0.15, -0.1) is 5.06 Å². The van der Waals surface area contributed by atoms with Gasteiger partial charge in [-0.2, -0.15) is 0 Å². The van der Waals surface area contributed by atoms with Gasteiger partial charge in [0.05, 0.1) is 12.1 Å². The molecule has 1 unspecified atom stereocenters. The number of rotatable bonds is 7. The van der Waals surface area contributed by atoms with Crippen LogP contribution in [0.2, 0.25) is 0 Å². The summed E-state index contributed by atoms with van der Waals surface area (Å²) >= 11 is 0. The number of phenolic OH excluding ortho intramolecular Hbond substituents is 1. The Balaban J connectivity index is 1.96. The van der Waals surface area contributed by atoms with E-state index in [4.69, 9.17) is 21.7 Å². The number of aromatic hydroxyl groups is 1. The van der Waals surface area contributed by atoms with E-state index in [0.717, 1.165) is 10.6 Å². The van der Waals surface area contributed by atoms with Crippen LogP contribution in [0.25, 0.3) is 5.70 Å². The molecular weight excluding hydrogens is 424 g/mol. The number of aryl methyl sites for hydroxylation is 1. The molecule has 2 aromatic rings. The van der Waals surface area contributed by atoms with Gasteiger partial charge in [-0.25, -0.2) is 4.79 Å². The Morgan fingerprint density at radius 2 is 1.91 bits per heavy atom. The first kappa shape index (κ1) is 23.6. The third-order valence-corrected chi connectivity index (χ3v) is 4.96. The molecule has 10 nitrogen and oxygen atoms in total. The van der Waals surface area contributed by atoms with Crippen LogP contribution in [0.15, 0.2) is 54.7 Å². The van der Waals surface area contributed by atoms with Crippen LogP contribution in [0.3, 0.4) is 0 Å². The molecule has 0 aliphatic carbocycles. The SMILES string of the molecule is CC(C)NC1C(=O)N(OC(=O)CCc2ccccc2)C(c2cccc(N)c2O)=CN1C(=N)N. The standard InChI is InChI=1S/C23H28N6O4/c1-14(2)27-21-22(32)29(33-19(30)12-11-15-7-4-3-5-8-15)18(13-28(21)23(25)26)16-9-6-10-17(24)20(16)31/h3-10,13-14,21,27,31H,11-12,24H2,1-2H3,(H3,25,26). The van der Waals surface area contributed by atoms with Crippen LogP contribution in [0.5, 0.6) is 5.75 Å². The first-order valence-electron chi connectivity index (χ1n) is 10.5. The van der Waals surface area contributed by atoms with Crippen LogP contribution in [-0.4, -0.2) is 45.1 Å². The molecule has 0 saturated carbocycles. The zero-order valence-electron chi connectivity index (χ0n) is 18.5. The summed E-state index contributed by atoms with van der Waals surface area (Å²) < 4.78 is 0. The molecule has 1 heterocycles. The van der Waals surface area contributed by atoms with E-state index < -0.39 is 24.0 Å². The molecule has 0 spiro atoms. The topological polar surface area (TPSA) is 158 Å². The van der Waals surface area contributed by atoms with Gasteiger partial charge >= 0.3 is 5.97 Å². The number of amides is 1. The first-order chi connectivity index (χ1) is 15.7. The summed E-state index contributed by atoms with van der Waals surface area (Å²) in [6.07, 6.45) is 0.736. The number of nitrogens with two attached hydrogens (primary N) is 2. The number of benzene rings is 2. The highest BCUT2D eigenvalue weighted by molar-refractivity contribution is 5.97. The molecule has 7 N–H and O–H groups in total. The van der Waals surface area contributed by atoms with E-state index in [2.05, 4.69) is 5.32 Å². The van der Waals surface area contributed by atoms with Crippen LogP contribution < -0.4 is 16.8 Å². The number of anilines is 1. The molecule has 0 radical (unpaired) electrons. The van der Waals surface area contributed by atoms with Crippen LogP contribution in [-0.2, 0) is 20.8 Å². The van der Waals surface area contributed by atoms with Gasteiger partial charge in [0.15, 0.2) is 12.1 Å². The van der Waals surface area contributed by atoms with Crippen LogP contribution in [0.4, 0.5) is 5.69 Å². The smallest absolute Gasteiger partial charge is 0.333 e. The molecule has 1 amide bonds. The highest BCUT2D eigenvalue weighted by Crippen LogP contribution is 2.35. The fourth-order valence-electron chi connectivity index (χ4n) is 3.36. The zero-order valence-corrected chi connectivity index (χ0v) is 18.5. The number of carbonyl (C=O) groups excluding carboxylic acids is 2. The van der Waals surface area contributed by atoms with Gasteiger partial charge < -0.3 is 21.4 Å². The van der Waals surface area contributed by atoms with Crippen molar-refractivity contribution in [1.82, 2.24) is 15.3 Å². The molecule has 0 bridgehead atoms. The number of hydrogen-bond donors (Lipinski definition) is 5. The fraction of sp³-hybridized carbons (Fsp3) is 0.261. The predicted molar refractivity (Wildman–Crippen MR) is 124 cm³/mol. The molecule has 1 atom stereocenters. The number of guanidine groups is 1. The second-order valence-corrected chi connectivity index (χ2v) is 7.86. The minimum absolute atomic E-state index is 0.0230. The van der Waals surface area contributed by atoms with E-state index in [1.807, 2.05) is 44.2 Å². The summed E-state index contributed by atoms with van der Waals surface area (Å²) in [5, 5.41) is 22.3. The molecule has 174 valence electrons. The highest BCUT2D eigenvalue weighted by atomic mass is 16.7. The molecule has 0 saturated heterocycles. The number of nitrogen functional groups attached to an aromatic ring is 1. The Hall–Kier alpha value is -4.05. The van der Waals surface area contributed by atoms with Crippen molar-refractivity contribution in [2.45, 2.75) is 38.9 Å². The maximum Gasteiger partial charge on any atom is 0.333 e. The summed E-state index contributed by atoms with van der Waals surface area (Å²) in [5.74, 6) is -2.01. The minimum atomic E-state index is -1.09. The Bertz CT molecular complexity index is 1070. The number of nitrogens with zero attached hydrogens (tertiary/aromatic N) is 2. The molecule has 0 aromatic heterocycles. The minimum Gasteiger partial charge on any atom is -0.505 e. The van der Waals surface area contributed by atoms with Crippen molar-refractivity contribution < 1.29 is 19.5 Å². The Labute approximate surface area is 191 Å². The Kier molecular flexibility index (Phi) is 7.19. The molecule has 1 aliphatic rings. The van der Waals surface area contributed by atoms with E-state index in [1.165, 1.54) is 23.2 Å². The molecule has 3 rings (SSSR count). The summed E-state index contributed by atoms with van der Waals surface area (Å²) in [5.41, 5.74) is 12.7. The van der Waals surface area contributed by atoms with Gasteiger partial charge in [0.25, 0.3) is 5.91 Å². The normalized spacial score (nSPS) is 16.0. The van der Waals surface area contributed by atoms with Crippen molar-refractivity contribution in [3.05, 3.63) is 65.9 Å². The van der Waals surface area contributed by atoms with Gasteiger partial charge in [0.2, 0.25) is 0 Å². The average Bonchev–Trinajstić information content (AvgIpc) is 2.77. The van der Waals surface area contributed by atoms with Crippen molar-refractivity contribution in [2.75, 3.05) is 5.73 Å². The lowest BCUT2D eigenvalue weighted by atomic mass is 10.1. The zero-order chi connectivity index (χ0) is 24.1. The molecular formula is C23H28N6O4. The summed E-state index contributed by atoms with van der Waals surface area (Å²) in [4.78, 5) is 32.8. The number of carbonyl (C=O) groups is 2. The fourth-order valence-corrected chi connectivity index (χ4v) is 3.36. The molecule has 33 heavy (non-hydrogen) atoms. The van der Waals surface area contributed by atoms with Crippen molar-refractivity contribution >= 4 is 29.2 Å². The van der Waals surface area contributed by atoms with Gasteiger partial charge in [0, 0.05) is 17.8 Å². The van der Waals surface area contributed by atoms with Gasteiger partial charge in [-0.05, 0) is 38.0 Å². The lowest BCUT2D eigenvalue weighted by Gasteiger charge is -2.39. The predicted octanol–water partition coefficient (Wildman–Crippen LogP) is 1.73. The molecule has 0 fully saturated rings. The van der Waals surface area contributed by atoms with Gasteiger partial charge in [-0.3, -0.25) is 20.4 Å². The number of phenols is 1. The number of hydrogen-bond acceptors (Lipinski definition) is 7.